The monoisotopic (exact) mass is 185 g/mol. The van der Waals surface area contributed by atoms with Crippen LogP contribution in [-0.4, -0.2) is 18.5 Å². The zero-order valence-electron chi connectivity index (χ0n) is 7.09. The lowest BCUT2D eigenvalue weighted by atomic mass is 10.2. The predicted molar refractivity (Wildman–Crippen MR) is 48.3 cm³/mol. The second-order valence-electron chi connectivity index (χ2n) is 3.28. The third-order valence-electron chi connectivity index (χ3n) is 2.44. The quantitative estimate of drug-likeness (QED) is 0.669. The summed E-state index contributed by atoms with van der Waals surface area (Å²) in [6, 6.07) is 4.22. The number of likely N-dealkylation sites (tertiary alicyclic amines) is 1. The van der Waals surface area contributed by atoms with Gasteiger partial charge in [-0.3, -0.25) is 4.90 Å². The topological polar surface area (TPSA) is 16.4 Å². The van der Waals surface area contributed by atoms with Crippen LogP contribution in [0, 0.1) is 0 Å². The number of halogens is 1. The lowest BCUT2D eigenvalue weighted by Gasteiger charge is -2.16. The van der Waals surface area contributed by atoms with Gasteiger partial charge >= 0.3 is 0 Å². The van der Waals surface area contributed by atoms with E-state index in [9.17, 15) is 0 Å². The molecule has 1 fully saturated rings. The van der Waals surface area contributed by atoms with Crippen molar-refractivity contribution >= 4 is 11.6 Å². The number of nitrogens with zero attached hydrogens (tertiary/aromatic N) is 1. The van der Waals surface area contributed by atoms with E-state index in [1.165, 1.54) is 12.8 Å². The molecule has 66 valence electrons. The van der Waals surface area contributed by atoms with Crippen LogP contribution in [0.3, 0.4) is 0 Å². The van der Waals surface area contributed by atoms with E-state index in [0.29, 0.717) is 11.3 Å². The summed E-state index contributed by atoms with van der Waals surface area (Å²) in [5.74, 6) is 1.00. The third-order valence-corrected chi connectivity index (χ3v) is 2.65. The fraction of sp³-hybridized carbons (Fsp3) is 0.556. The molecule has 0 N–H and O–H groups in total. The van der Waals surface area contributed by atoms with Crippen molar-refractivity contribution < 1.29 is 4.42 Å². The normalized spacial score (nSPS) is 25.0. The first-order valence-corrected chi connectivity index (χ1v) is 4.60. The molecule has 3 heteroatoms. The van der Waals surface area contributed by atoms with Crippen molar-refractivity contribution in [3.05, 3.63) is 23.1 Å². The van der Waals surface area contributed by atoms with Gasteiger partial charge in [0.1, 0.15) is 5.76 Å². The van der Waals surface area contributed by atoms with E-state index in [2.05, 4.69) is 11.9 Å². The molecule has 2 nitrogen and oxygen atoms in total. The maximum Gasteiger partial charge on any atom is 0.193 e. The molecule has 1 aliphatic heterocycles. The molecule has 0 aliphatic carbocycles. The van der Waals surface area contributed by atoms with Gasteiger partial charge in [0.05, 0.1) is 6.04 Å². The summed E-state index contributed by atoms with van der Waals surface area (Å²) in [5.41, 5.74) is 0. The maximum absolute atomic E-state index is 5.70. The van der Waals surface area contributed by atoms with Crippen molar-refractivity contribution in [3.63, 3.8) is 0 Å². The second kappa shape index (κ2) is 3.11. The van der Waals surface area contributed by atoms with E-state index in [1.807, 2.05) is 12.1 Å². The Morgan fingerprint density at radius 1 is 1.58 bits per heavy atom. The van der Waals surface area contributed by atoms with Crippen LogP contribution in [0.1, 0.15) is 24.6 Å². The van der Waals surface area contributed by atoms with Gasteiger partial charge in [-0.1, -0.05) is 0 Å². The van der Waals surface area contributed by atoms with Gasteiger partial charge in [0.25, 0.3) is 0 Å². The minimum absolute atomic E-state index is 0.442. The Labute approximate surface area is 77.1 Å². The fourth-order valence-electron chi connectivity index (χ4n) is 1.78. The summed E-state index contributed by atoms with van der Waals surface area (Å²) in [4.78, 5) is 2.30. The highest BCUT2D eigenvalue weighted by atomic mass is 35.5. The summed E-state index contributed by atoms with van der Waals surface area (Å²) in [5, 5.41) is 0.491. The molecule has 1 saturated heterocycles. The van der Waals surface area contributed by atoms with Crippen LogP contribution in [0.4, 0.5) is 0 Å². The Kier molecular flexibility index (Phi) is 2.11. The molecule has 0 bridgehead atoms. The number of hydrogen-bond acceptors (Lipinski definition) is 2. The van der Waals surface area contributed by atoms with E-state index in [-0.39, 0.29) is 0 Å². The molecule has 0 amide bonds. The molecule has 0 spiro atoms. The van der Waals surface area contributed by atoms with Gasteiger partial charge in [-0.05, 0) is 50.2 Å². The van der Waals surface area contributed by atoms with Crippen molar-refractivity contribution in [1.82, 2.24) is 4.90 Å². The van der Waals surface area contributed by atoms with Gasteiger partial charge in [-0.25, -0.2) is 0 Å². The highest BCUT2D eigenvalue weighted by Gasteiger charge is 2.24. The summed E-state index contributed by atoms with van der Waals surface area (Å²) < 4.78 is 5.36. The lowest BCUT2D eigenvalue weighted by Crippen LogP contribution is -2.16. The Bertz CT molecular complexity index is 271. The molecule has 1 aromatic heterocycles. The van der Waals surface area contributed by atoms with Crippen molar-refractivity contribution in [2.75, 3.05) is 13.6 Å². The second-order valence-corrected chi connectivity index (χ2v) is 3.65. The average molecular weight is 186 g/mol. The standard InChI is InChI=1S/C9H12ClNO/c1-11-6-2-3-7(11)8-4-5-9(10)12-8/h4-5,7H,2-3,6H2,1H3/t7-/m1/s1. The molecule has 12 heavy (non-hydrogen) atoms. The van der Waals surface area contributed by atoms with Crippen LogP contribution in [0.25, 0.3) is 0 Å². The van der Waals surface area contributed by atoms with Gasteiger partial charge in [-0.2, -0.15) is 0 Å². The fourth-order valence-corrected chi connectivity index (χ4v) is 1.93. The Morgan fingerprint density at radius 2 is 2.42 bits per heavy atom. The van der Waals surface area contributed by atoms with Crippen LogP contribution in [0.15, 0.2) is 16.5 Å². The number of hydrogen-bond donors (Lipinski definition) is 0. The van der Waals surface area contributed by atoms with Gasteiger partial charge < -0.3 is 4.42 Å². The van der Waals surface area contributed by atoms with Crippen molar-refractivity contribution in [1.29, 1.82) is 0 Å². The Morgan fingerprint density at radius 3 is 2.92 bits per heavy atom. The smallest absolute Gasteiger partial charge is 0.193 e. The van der Waals surface area contributed by atoms with Gasteiger partial charge in [-0.15, -0.1) is 0 Å². The van der Waals surface area contributed by atoms with Crippen molar-refractivity contribution in [2.45, 2.75) is 18.9 Å². The molecule has 2 rings (SSSR count). The van der Waals surface area contributed by atoms with Crippen LogP contribution in [0.5, 0.6) is 0 Å². The average Bonchev–Trinajstić information content (AvgIpc) is 2.58. The van der Waals surface area contributed by atoms with Crippen LogP contribution >= 0.6 is 11.6 Å². The Balaban J connectivity index is 2.19. The largest absolute Gasteiger partial charge is 0.448 e. The first kappa shape index (κ1) is 8.14. The number of furan rings is 1. The van der Waals surface area contributed by atoms with Crippen LogP contribution in [0.2, 0.25) is 5.22 Å². The number of rotatable bonds is 1. The predicted octanol–water partition coefficient (Wildman–Crippen LogP) is 2.70. The minimum atomic E-state index is 0.442. The van der Waals surface area contributed by atoms with Crippen LogP contribution in [-0.2, 0) is 0 Å². The molecule has 0 saturated carbocycles. The molecule has 0 aromatic carbocycles. The van der Waals surface area contributed by atoms with Crippen LogP contribution < -0.4 is 0 Å². The molecule has 0 unspecified atom stereocenters. The summed E-state index contributed by atoms with van der Waals surface area (Å²) >= 11 is 5.70. The summed E-state index contributed by atoms with van der Waals surface area (Å²) in [6.45, 7) is 1.16. The van der Waals surface area contributed by atoms with E-state index in [1.54, 1.807) is 0 Å². The van der Waals surface area contributed by atoms with E-state index >= 15 is 0 Å². The van der Waals surface area contributed by atoms with Crippen molar-refractivity contribution in [2.24, 2.45) is 0 Å². The van der Waals surface area contributed by atoms with E-state index in [0.717, 1.165) is 12.3 Å². The summed E-state index contributed by atoms with van der Waals surface area (Å²) in [7, 11) is 2.12. The lowest BCUT2D eigenvalue weighted by molar-refractivity contribution is 0.276. The highest BCUT2D eigenvalue weighted by molar-refractivity contribution is 6.28. The SMILES string of the molecule is CN1CCC[C@@H]1c1ccc(Cl)o1. The zero-order chi connectivity index (χ0) is 8.55. The highest BCUT2D eigenvalue weighted by Crippen LogP contribution is 2.32. The molecule has 1 aliphatic rings. The molecular weight excluding hydrogens is 174 g/mol. The first-order chi connectivity index (χ1) is 5.77. The molecule has 1 atom stereocenters. The maximum atomic E-state index is 5.70. The Hall–Kier alpha value is -0.470. The van der Waals surface area contributed by atoms with Gasteiger partial charge in [0.15, 0.2) is 5.22 Å². The van der Waals surface area contributed by atoms with E-state index < -0.39 is 0 Å². The van der Waals surface area contributed by atoms with Gasteiger partial charge in [0.2, 0.25) is 0 Å². The third kappa shape index (κ3) is 1.37. The molecule has 1 aromatic rings. The molecular formula is C9H12ClNO. The van der Waals surface area contributed by atoms with Gasteiger partial charge in [0, 0.05) is 0 Å². The zero-order valence-corrected chi connectivity index (χ0v) is 7.84. The first-order valence-electron chi connectivity index (χ1n) is 4.23. The summed E-state index contributed by atoms with van der Waals surface area (Å²) in [6.07, 6.45) is 2.43. The van der Waals surface area contributed by atoms with E-state index in [4.69, 9.17) is 16.0 Å². The minimum Gasteiger partial charge on any atom is -0.448 e. The molecule has 0 radical (unpaired) electrons. The van der Waals surface area contributed by atoms with Crippen molar-refractivity contribution in [3.8, 4) is 0 Å². The molecule has 2 heterocycles.